The molecule has 0 saturated carbocycles. The van der Waals surface area contributed by atoms with Crippen LogP contribution in [0.25, 0.3) is 0 Å². The zero-order valence-corrected chi connectivity index (χ0v) is 35.6. The number of thioether (sulfide) groups is 3. The van der Waals surface area contributed by atoms with Crippen LogP contribution in [0.4, 0.5) is 22.7 Å². The van der Waals surface area contributed by atoms with E-state index in [9.17, 15) is 0 Å². The largest absolute Gasteiger partial charge is 0.458 e. The van der Waals surface area contributed by atoms with Gasteiger partial charge in [-0.1, -0.05) is 48.5 Å². The van der Waals surface area contributed by atoms with Gasteiger partial charge in [0.15, 0.2) is 0 Å². The number of nitrogens with one attached hydrogen (secondary N) is 1. The number of hydrogen-bond donors (Lipinski definition) is 1. The predicted molar refractivity (Wildman–Crippen MR) is 254 cm³/mol. The summed E-state index contributed by atoms with van der Waals surface area (Å²) < 4.78 is 29.6. The van der Waals surface area contributed by atoms with Crippen molar-refractivity contribution in [2.75, 3.05) is 34.6 Å². The van der Waals surface area contributed by atoms with E-state index in [4.69, 9.17) is 18.9 Å². The lowest BCUT2D eigenvalue weighted by molar-refractivity contribution is 0.454. The van der Waals surface area contributed by atoms with Crippen molar-refractivity contribution in [1.82, 2.24) is 0 Å². The Labute approximate surface area is 360 Å². The Hall–Kier alpha value is -5.07. The van der Waals surface area contributed by atoms with Crippen molar-refractivity contribution >= 4 is 139 Å². The van der Waals surface area contributed by atoms with Crippen LogP contribution in [0.2, 0.25) is 0 Å². The molecule has 0 spiro atoms. The summed E-state index contributed by atoms with van der Waals surface area (Å²) in [4.78, 5) is 3.42. The third kappa shape index (κ3) is 4.81. The van der Waals surface area contributed by atoms with Crippen LogP contribution in [0.15, 0.2) is 124 Å². The maximum Gasteiger partial charge on any atom is 0.260 e. The van der Waals surface area contributed by atoms with E-state index in [0.717, 1.165) is 94.7 Å². The Kier molecular flexibility index (Phi) is 7.50. The first-order valence-electron chi connectivity index (χ1n) is 19.5. The Morgan fingerprint density at radius 1 is 0.407 bits per heavy atom. The molecular formula is C46H31B3N2O4S4. The van der Waals surface area contributed by atoms with Gasteiger partial charge < -0.3 is 24.3 Å². The highest BCUT2D eigenvalue weighted by Gasteiger charge is 2.48. The molecule has 0 bridgehead atoms. The van der Waals surface area contributed by atoms with Gasteiger partial charge >= 0.3 is 0 Å². The first-order chi connectivity index (χ1) is 29.0. The molecule has 7 aromatic rings. The van der Waals surface area contributed by atoms with E-state index in [0.29, 0.717) is 0 Å². The molecule has 0 aliphatic carbocycles. The van der Waals surface area contributed by atoms with Crippen molar-refractivity contribution in [2.24, 2.45) is 0 Å². The van der Waals surface area contributed by atoms with Crippen LogP contribution in [0.3, 0.4) is 0 Å². The molecule has 0 amide bonds. The van der Waals surface area contributed by atoms with Gasteiger partial charge in [0, 0.05) is 49.5 Å². The highest BCUT2D eigenvalue weighted by Crippen LogP contribution is 2.45. The number of ether oxygens (including phenoxy) is 4. The van der Waals surface area contributed by atoms with Gasteiger partial charge in [0.1, 0.15) is 46.0 Å². The van der Waals surface area contributed by atoms with Gasteiger partial charge in [-0.15, -0.1) is 35.3 Å². The summed E-state index contributed by atoms with van der Waals surface area (Å²) in [6, 6.07) is 39.7. The Balaban J connectivity index is 1.07. The van der Waals surface area contributed by atoms with Crippen LogP contribution < -0.4 is 77.7 Å². The maximum absolute atomic E-state index is 7.06. The average molecular weight is 836 g/mol. The third-order valence-corrected chi connectivity index (χ3v) is 15.6. The molecule has 6 aliphatic rings. The monoisotopic (exact) mass is 836 g/mol. The van der Waals surface area contributed by atoms with E-state index in [1.807, 2.05) is 0 Å². The molecule has 0 fully saturated rings. The molecule has 6 heterocycles. The Morgan fingerprint density at radius 3 is 1.54 bits per heavy atom. The van der Waals surface area contributed by atoms with Gasteiger partial charge in [-0.3, -0.25) is 4.31 Å². The van der Waals surface area contributed by atoms with E-state index in [1.54, 1.807) is 47.2 Å². The summed E-state index contributed by atoms with van der Waals surface area (Å²) in [5.41, 5.74) is 15.1. The zero-order chi connectivity index (χ0) is 39.3. The predicted octanol–water partition coefficient (Wildman–Crippen LogP) is 6.61. The van der Waals surface area contributed by atoms with Crippen molar-refractivity contribution in [3.05, 3.63) is 109 Å². The van der Waals surface area contributed by atoms with Gasteiger partial charge in [0.25, 0.3) is 20.1 Å². The standard InChI is InChI=1S/C46H31B3N2O4S4/c1-56-23-13-33-44-40(15-23)52-36-11-7-5-9-26(36)47(44)28-19-29-34(21-32(28)50-33)51(59-4)35-14-24(57-2)16-41-45(35)49(29)31-20-30-38(22-39(31)54-41)55-43-18-25(58-3)17-42-46(43)48(30)27-10-6-8-12-37(27)53-42/h5-22,50H,1-4H3. The van der Waals surface area contributed by atoms with Gasteiger partial charge in [-0.2, -0.15) is 0 Å². The Morgan fingerprint density at radius 2 is 0.915 bits per heavy atom. The van der Waals surface area contributed by atoms with Crippen molar-refractivity contribution in [2.45, 2.75) is 14.7 Å². The summed E-state index contributed by atoms with van der Waals surface area (Å²) in [5.74, 6) is 6.92. The SMILES string of the molecule is CSc1cc2c3c(c1)Oc1ccccc1B3c1cc3c(cc1N2)N(SC)c1cc(SC)cc2c1B3c1cc3c(cc1O2)Oc1cc(SC)cc2c1B3c1ccccc1O2. The summed E-state index contributed by atoms with van der Waals surface area (Å²) in [7, 11) is 0. The molecule has 0 aromatic heterocycles. The van der Waals surface area contributed by atoms with Crippen LogP contribution in [0, 0.1) is 0 Å². The molecule has 13 rings (SSSR count). The number of benzene rings is 7. The molecule has 0 saturated heterocycles. The normalized spacial score (nSPS) is 14.6. The second-order valence-corrected chi connectivity index (χ2v) is 18.9. The van der Waals surface area contributed by atoms with Crippen LogP contribution in [-0.4, -0.2) is 45.2 Å². The molecule has 13 heteroatoms. The number of nitrogens with zero attached hydrogens (tertiary/aromatic N) is 1. The van der Waals surface area contributed by atoms with Crippen molar-refractivity contribution in [3.8, 4) is 46.0 Å². The minimum Gasteiger partial charge on any atom is -0.458 e. The number of rotatable bonds is 4. The molecule has 7 aromatic carbocycles. The Bertz CT molecular complexity index is 3060. The number of hydrogen-bond acceptors (Lipinski definition) is 10. The molecule has 6 aliphatic heterocycles. The molecule has 0 radical (unpaired) electrons. The molecule has 0 atom stereocenters. The van der Waals surface area contributed by atoms with E-state index in [1.165, 1.54) is 37.9 Å². The minimum atomic E-state index is -0.0988. The lowest BCUT2D eigenvalue weighted by atomic mass is 9.30. The summed E-state index contributed by atoms with van der Waals surface area (Å²) in [5, 5.41) is 3.91. The summed E-state index contributed by atoms with van der Waals surface area (Å²) >= 11 is 6.89. The fourth-order valence-electron chi connectivity index (χ4n) is 10.2. The van der Waals surface area contributed by atoms with Crippen molar-refractivity contribution in [3.63, 3.8) is 0 Å². The smallest absolute Gasteiger partial charge is 0.260 e. The first kappa shape index (κ1) is 34.8. The topological polar surface area (TPSA) is 52.2 Å². The highest BCUT2D eigenvalue weighted by molar-refractivity contribution is 8.00. The van der Waals surface area contributed by atoms with Gasteiger partial charge in [-0.25, -0.2) is 0 Å². The molecule has 6 nitrogen and oxygen atoms in total. The van der Waals surface area contributed by atoms with E-state index < -0.39 is 0 Å². The van der Waals surface area contributed by atoms with Gasteiger partial charge in [0.2, 0.25) is 0 Å². The number of anilines is 4. The number of fused-ring (bicyclic) bond motifs is 12. The molecule has 0 unspecified atom stereocenters. The molecule has 59 heavy (non-hydrogen) atoms. The second kappa shape index (κ2) is 12.7. The summed E-state index contributed by atoms with van der Waals surface area (Å²) in [6.45, 7) is -0.160. The third-order valence-electron chi connectivity index (χ3n) is 12.7. The van der Waals surface area contributed by atoms with Crippen molar-refractivity contribution in [1.29, 1.82) is 0 Å². The van der Waals surface area contributed by atoms with Crippen molar-refractivity contribution < 1.29 is 18.9 Å². The van der Waals surface area contributed by atoms with Crippen LogP contribution >= 0.6 is 47.2 Å². The van der Waals surface area contributed by atoms with Crippen LogP contribution in [-0.2, 0) is 0 Å². The van der Waals surface area contributed by atoms with Crippen LogP contribution in [0.5, 0.6) is 46.0 Å². The van der Waals surface area contributed by atoms with Gasteiger partial charge in [0.05, 0.1) is 5.69 Å². The second-order valence-electron chi connectivity index (χ2n) is 15.5. The van der Waals surface area contributed by atoms with Crippen LogP contribution in [0.1, 0.15) is 0 Å². The van der Waals surface area contributed by atoms with E-state index >= 15 is 0 Å². The lowest BCUT2D eigenvalue weighted by Gasteiger charge is -2.41. The van der Waals surface area contributed by atoms with E-state index in [-0.39, 0.29) is 20.1 Å². The number of para-hydroxylation sites is 2. The lowest BCUT2D eigenvalue weighted by Crippen LogP contribution is -2.64. The highest BCUT2D eigenvalue weighted by atomic mass is 32.2. The molecule has 1 N–H and O–H groups in total. The minimum absolute atomic E-state index is 0.000882. The fraction of sp³-hybridized carbons (Fsp3) is 0.0870. The van der Waals surface area contributed by atoms with E-state index in [2.05, 4.69) is 144 Å². The average Bonchev–Trinajstić information content (AvgIpc) is 3.27. The maximum atomic E-state index is 7.06. The first-order valence-corrected chi connectivity index (χ1v) is 24.4. The zero-order valence-electron chi connectivity index (χ0n) is 32.3. The summed E-state index contributed by atoms with van der Waals surface area (Å²) in [6.07, 6.45) is 8.51. The molecular weight excluding hydrogens is 805 g/mol. The quantitative estimate of drug-likeness (QED) is 0.119. The fourth-order valence-corrected chi connectivity index (χ4v) is 12.3. The van der Waals surface area contributed by atoms with Gasteiger partial charge in [-0.05, 0) is 129 Å². The molecule has 282 valence electrons.